The number of carbonyl (C=O) groups is 2. The highest BCUT2D eigenvalue weighted by molar-refractivity contribution is 5.98. The summed E-state index contributed by atoms with van der Waals surface area (Å²) in [5.41, 5.74) is 0.415. The Morgan fingerprint density at radius 2 is 2.10 bits per heavy atom. The highest BCUT2D eigenvalue weighted by atomic mass is 16.6. The smallest absolute Gasteiger partial charge is 0.322 e. The molecule has 2 aliphatic rings. The lowest BCUT2D eigenvalue weighted by Gasteiger charge is -2.32. The van der Waals surface area contributed by atoms with E-state index >= 15 is 0 Å². The van der Waals surface area contributed by atoms with Gasteiger partial charge in [-0.25, -0.2) is 0 Å². The zero-order valence-corrected chi connectivity index (χ0v) is 11.4. The van der Waals surface area contributed by atoms with Crippen LogP contribution in [0.3, 0.4) is 0 Å². The molecule has 7 nitrogen and oxygen atoms in total. The van der Waals surface area contributed by atoms with E-state index in [1.807, 2.05) is 0 Å². The van der Waals surface area contributed by atoms with Gasteiger partial charge in [0, 0.05) is 19.6 Å². The van der Waals surface area contributed by atoms with Crippen LogP contribution in [-0.2, 0) is 4.79 Å². The summed E-state index contributed by atoms with van der Waals surface area (Å²) in [5, 5.41) is 11.9. The third kappa shape index (κ3) is 2.64. The molecule has 3 rings (SSSR count). The maximum absolute atomic E-state index is 12.6. The quantitative estimate of drug-likeness (QED) is 0.795. The number of carbonyl (C=O) groups excluding carboxylic acids is 1. The number of amides is 1. The number of fused-ring (bicyclic) bond motifs is 1. The molecule has 0 unspecified atom stereocenters. The Labute approximate surface area is 121 Å². The van der Waals surface area contributed by atoms with Crippen LogP contribution < -0.4 is 14.8 Å². The maximum Gasteiger partial charge on any atom is 0.322 e. The Balaban J connectivity index is 1.83. The Hall–Kier alpha value is -2.28. The predicted octanol–water partition coefficient (Wildman–Crippen LogP) is -0.0436. The molecule has 112 valence electrons. The number of hydrogen-bond acceptors (Lipinski definition) is 5. The van der Waals surface area contributed by atoms with Crippen LogP contribution in [0.4, 0.5) is 0 Å². The molecule has 1 fully saturated rings. The summed E-state index contributed by atoms with van der Waals surface area (Å²) in [7, 11) is 0. The second kappa shape index (κ2) is 5.61. The molecule has 0 aromatic heterocycles. The molecule has 0 bridgehead atoms. The van der Waals surface area contributed by atoms with Crippen LogP contribution in [0.1, 0.15) is 10.4 Å². The van der Waals surface area contributed by atoms with Crippen molar-refractivity contribution >= 4 is 11.9 Å². The van der Waals surface area contributed by atoms with Crippen LogP contribution in [0.25, 0.3) is 0 Å². The van der Waals surface area contributed by atoms with Gasteiger partial charge in [-0.2, -0.15) is 0 Å². The number of para-hydroxylation sites is 1. The largest absolute Gasteiger partial charge is 0.486 e. The first-order chi connectivity index (χ1) is 10.2. The van der Waals surface area contributed by atoms with Crippen molar-refractivity contribution in [3.05, 3.63) is 23.8 Å². The molecule has 2 aliphatic heterocycles. The number of rotatable bonds is 2. The van der Waals surface area contributed by atoms with Crippen LogP contribution in [0.5, 0.6) is 11.5 Å². The van der Waals surface area contributed by atoms with E-state index in [1.54, 1.807) is 18.2 Å². The summed E-state index contributed by atoms with van der Waals surface area (Å²) in [5.74, 6) is -0.191. The molecular formula is C14H16N2O5. The highest BCUT2D eigenvalue weighted by Gasteiger charge is 2.30. The SMILES string of the molecule is O=C(O)[C@H]1CN(C(=O)c2cccc3c2OCCO3)CCN1. The fourth-order valence-corrected chi connectivity index (χ4v) is 2.51. The first kappa shape index (κ1) is 13.7. The molecule has 1 saturated heterocycles. The lowest BCUT2D eigenvalue weighted by atomic mass is 10.1. The van der Waals surface area contributed by atoms with Crippen molar-refractivity contribution < 1.29 is 24.2 Å². The van der Waals surface area contributed by atoms with Crippen molar-refractivity contribution in [3.63, 3.8) is 0 Å². The van der Waals surface area contributed by atoms with Gasteiger partial charge in [0.15, 0.2) is 11.5 Å². The normalized spacial score (nSPS) is 21.0. The number of aliphatic carboxylic acids is 1. The van der Waals surface area contributed by atoms with Crippen molar-refractivity contribution in [2.45, 2.75) is 6.04 Å². The molecular weight excluding hydrogens is 276 g/mol. The minimum atomic E-state index is -0.956. The third-order valence-corrected chi connectivity index (χ3v) is 3.56. The van der Waals surface area contributed by atoms with Crippen molar-refractivity contribution in [1.82, 2.24) is 10.2 Å². The molecule has 1 aromatic carbocycles. The lowest BCUT2D eigenvalue weighted by molar-refractivity contribution is -0.140. The van der Waals surface area contributed by atoms with Gasteiger partial charge in [0.05, 0.1) is 5.56 Å². The second-order valence-electron chi connectivity index (χ2n) is 4.93. The molecule has 1 atom stereocenters. The van der Waals surface area contributed by atoms with E-state index in [0.717, 1.165) is 0 Å². The van der Waals surface area contributed by atoms with Crippen LogP contribution in [0.15, 0.2) is 18.2 Å². The van der Waals surface area contributed by atoms with Gasteiger partial charge in [0.25, 0.3) is 5.91 Å². The molecule has 2 heterocycles. The number of nitrogens with zero attached hydrogens (tertiary/aromatic N) is 1. The summed E-state index contributed by atoms with van der Waals surface area (Å²) in [6.45, 7) is 1.91. The van der Waals surface area contributed by atoms with E-state index in [0.29, 0.717) is 43.4 Å². The van der Waals surface area contributed by atoms with E-state index in [1.165, 1.54) is 4.90 Å². The van der Waals surface area contributed by atoms with Gasteiger partial charge >= 0.3 is 5.97 Å². The van der Waals surface area contributed by atoms with Crippen LogP contribution >= 0.6 is 0 Å². The Morgan fingerprint density at radius 1 is 1.29 bits per heavy atom. The zero-order chi connectivity index (χ0) is 14.8. The van der Waals surface area contributed by atoms with E-state index < -0.39 is 12.0 Å². The van der Waals surface area contributed by atoms with Gasteiger partial charge in [-0.15, -0.1) is 0 Å². The van der Waals surface area contributed by atoms with Crippen molar-refractivity contribution in [1.29, 1.82) is 0 Å². The first-order valence-electron chi connectivity index (χ1n) is 6.81. The van der Waals surface area contributed by atoms with Crippen LogP contribution in [0, 0.1) is 0 Å². The summed E-state index contributed by atoms with van der Waals surface area (Å²) in [6, 6.07) is 4.42. The highest BCUT2D eigenvalue weighted by Crippen LogP contribution is 2.34. The van der Waals surface area contributed by atoms with Crippen molar-refractivity contribution in [2.24, 2.45) is 0 Å². The van der Waals surface area contributed by atoms with E-state index in [2.05, 4.69) is 5.32 Å². The average molecular weight is 292 g/mol. The van der Waals surface area contributed by atoms with Gasteiger partial charge < -0.3 is 24.8 Å². The number of carboxylic acid groups (broad SMARTS) is 1. The molecule has 0 aliphatic carbocycles. The summed E-state index contributed by atoms with van der Waals surface area (Å²) < 4.78 is 11.0. The van der Waals surface area contributed by atoms with Crippen LogP contribution in [0.2, 0.25) is 0 Å². The van der Waals surface area contributed by atoms with Gasteiger partial charge in [-0.1, -0.05) is 6.07 Å². The number of piperazine rings is 1. The van der Waals surface area contributed by atoms with E-state index in [9.17, 15) is 9.59 Å². The number of hydrogen-bond donors (Lipinski definition) is 2. The van der Waals surface area contributed by atoms with Gasteiger partial charge in [-0.3, -0.25) is 9.59 Å². The standard InChI is InChI=1S/C14H16N2O5/c17-13(16-5-4-15-10(8-16)14(18)19)9-2-1-3-11-12(9)21-7-6-20-11/h1-3,10,15H,4-8H2,(H,18,19)/t10-/m1/s1. The molecule has 1 aromatic rings. The predicted molar refractivity (Wildman–Crippen MR) is 72.8 cm³/mol. The third-order valence-electron chi connectivity index (χ3n) is 3.56. The van der Waals surface area contributed by atoms with Gasteiger partial charge in [-0.05, 0) is 12.1 Å². The molecule has 21 heavy (non-hydrogen) atoms. The summed E-state index contributed by atoms with van der Waals surface area (Å²) in [4.78, 5) is 25.2. The number of benzene rings is 1. The fraction of sp³-hybridized carbons (Fsp3) is 0.429. The molecule has 1 amide bonds. The van der Waals surface area contributed by atoms with Crippen LogP contribution in [-0.4, -0.2) is 60.8 Å². The number of nitrogens with one attached hydrogen (secondary N) is 1. The lowest BCUT2D eigenvalue weighted by Crippen LogP contribution is -2.55. The van der Waals surface area contributed by atoms with E-state index in [4.69, 9.17) is 14.6 Å². The number of carboxylic acids is 1. The summed E-state index contributed by atoms with van der Waals surface area (Å²) in [6.07, 6.45) is 0. The maximum atomic E-state index is 12.6. The van der Waals surface area contributed by atoms with Crippen molar-refractivity contribution in [2.75, 3.05) is 32.8 Å². The summed E-state index contributed by atoms with van der Waals surface area (Å²) >= 11 is 0. The molecule has 2 N–H and O–H groups in total. The topological polar surface area (TPSA) is 88.1 Å². The van der Waals surface area contributed by atoms with Gasteiger partial charge in [0.1, 0.15) is 19.3 Å². The Morgan fingerprint density at radius 3 is 2.90 bits per heavy atom. The molecule has 7 heteroatoms. The minimum absolute atomic E-state index is 0.138. The average Bonchev–Trinajstić information content (AvgIpc) is 2.53. The number of ether oxygens (including phenoxy) is 2. The molecule has 0 saturated carbocycles. The van der Waals surface area contributed by atoms with E-state index in [-0.39, 0.29) is 12.5 Å². The minimum Gasteiger partial charge on any atom is -0.486 e. The molecule has 0 radical (unpaired) electrons. The molecule has 0 spiro atoms. The zero-order valence-electron chi connectivity index (χ0n) is 11.4. The second-order valence-corrected chi connectivity index (χ2v) is 4.93. The van der Waals surface area contributed by atoms with Crippen molar-refractivity contribution in [3.8, 4) is 11.5 Å². The monoisotopic (exact) mass is 292 g/mol. The Bertz CT molecular complexity index is 574. The van der Waals surface area contributed by atoms with Gasteiger partial charge in [0.2, 0.25) is 0 Å². The Kier molecular flexibility index (Phi) is 3.66. The first-order valence-corrected chi connectivity index (χ1v) is 6.81. The fourth-order valence-electron chi connectivity index (χ4n) is 2.51.